The number of aromatic nitrogens is 1. The zero-order chi connectivity index (χ0) is 27.2. The molecular weight excluding hydrogens is 622 g/mol. The Kier molecular flexibility index (Phi) is 8.34. The second kappa shape index (κ2) is 12.2. The molecule has 0 spiro atoms. The van der Waals surface area contributed by atoms with Crippen LogP contribution in [0, 0.1) is 0 Å². The summed E-state index contributed by atoms with van der Waals surface area (Å²) < 4.78 is 13.3. The van der Waals surface area contributed by atoms with E-state index in [1.165, 1.54) is 0 Å². The second-order valence-electron chi connectivity index (χ2n) is 8.58. The quantitative estimate of drug-likeness (QED) is 0.138. The van der Waals surface area contributed by atoms with Crippen LogP contribution in [0.15, 0.2) is 111 Å². The number of ether oxygens (including phenoxy) is 2. The maximum absolute atomic E-state index is 13.2. The van der Waals surface area contributed by atoms with Crippen LogP contribution in [-0.2, 0) is 6.61 Å². The van der Waals surface area contributed by atoms with E-state index in [1.807, 2.05) is 84.9 Å². The van der Waals surface area contributed by atoms with Crippen LogP contribution in [-0.4, -0.2) is 24.2 Å². The summed E-state index contributed by atoms with van der Waals surface area (Å²) in [6, 6.07) is 30.7. The fourth-order valence-electron chi connectivity index (χ4n) is 4.00. The average molecular weight is 645 g/mol. The molecular formula is C31H23Br2N3O3. The molecule has 1 N–H and O–H groups in total. The predicted molar refractivity (Wildman–Crippen MR) is 161 cm³/mol. The molecule has 0 saturated carbocycles. The van der Waals surface area contributed by atoms with Gasteiger partial charge in [-0.2, -0.15) is 5.10 Å². The zero-order valence-electron chi connectivity index (χ0n) is 20.9. The molecule has 0 saturated heterocycles. The molecule has 5 rings (SSSR count). The van der Waals surface area contributed by atoms with E-state index >= 15 is 0 Å². The molecule has 1 heterocycles. The molecule has 0 aliphatic carbocycles. The van der Waals surface area contributed by atoms with Gasteiger partial charge < -0.3 is 9.47 Å². The zero-order valence-corrected chi connectivity index (χ0v) is 24.1. The highest BCUT2D eigenvalue weighted by molar-refractivity contribution is 9.10. The van der Waals surface area contributed by atoms with Gasteiger partial charge in [0.15, 0.2) is 11.5 Å². The fraction of sp³-hybridized carbons (Fsp3) is 0.0645. The summed E-state index contributed by atoms with van der Waals surface area (Å²) >= 11 is 7.01. The monoisotopic (exact) mass is 643 g/mol. The normalized spacial score (nSPS) is 11.1. The lowest BCUT2D eigenvalue weighted by atomic mass is 10.0. The molecule has 4 aromatic carbocycles. The summed E-state index contributed by atoms with van der Waals surface area (Å²) in [7, 11) is 1.58. The standard InChI is InChI=1S/C31H23Br2N3O3/c1-38-29-15-22(26(33)17-30(29)39-19-20-11-13-23(32)14-12-20)18-34-36-31(37)25-16-28(21-7-3-2-4-8-21)35-27-10-6-5-9-24(25)27/h2-18H,19H2,1H3,(H,36,37)/b34-18+. The summed E-state index contributed by atoms with van der Waals surface area (Å²) in [5, 5.41) is 4.97. The predicted octanol–water partition coefficient (Wildman–Crippen LogP) is 7.78. The first-order valence-electron chi connectivity index (χ1n) is 12.0. The third kappa shape index (κ3) is 6.35. The maximum atomic E-state index is 13.2. The van der Waals surface area contributed by atoms with E-state index in [0.29, 0.717) is 29.2 Å². The molecule has 0 aliphatic heterocycles. The second-order valence-corrected chi connectivity index (χ2v) is 10.3. The van der Waals surface area contributed by atoms with E-state index in [0.717, 1.165) is 36.7 Å². The highest BCUT2D eigenvalue weighted by Crippen LogP contribution is 2.33. The number of amides is 1. The van der Waals surface area contributed by atoms with E-state index in [4.69, 9.17) is 14.5 Å². The molecule has 6 nitrogen and oxygen atoms in total. The van der Waals surface area contributed by atoms with E-state index in [1.54, 1.807) is 25.5 Å². The van der Waals surface area contributed by atoms with Crippen LogP contribution >= 0.6 is 31.9 Å². The van der Waals surface area contributed by atoms with Crippen LogP contribution in [0.1, 0.15) is 21.5 Å². The minimum Gasteiger partial charge on any atom is -0.493 e. The maximum Gasteiger partial charge on any atom is 0.272 e. The molecule has 0 atom stereocenters. The minimum atomic E-state index is -0.334. The number of carbonyl (C=O) groups is 1. The molecule has 39 heavy (non-hydrogen) atoms. The van der Waals surface area contributed by atoms with E-state index in [2.05, 4.69) is 42.4 Å². The van der Waals surface area contributed by atoms with E-state index < -0.39 is 0 Å². The van der Waals surface area contributed by atoms with Crippen molar-refractivity contribution < 1.29 is 14.3 Å². The number of pyridine rings is 1. The van der Waals surface area contributed by atoms with Gasteiger partial charge in [-0.05, 0) is 57.9 Å². The molecule has 1 aromatic heterocycles. The Balaban J connectivity index is 1.35. The summed E-state index contributed by atoms with van der Waals surface area (Å²) in [5.41, 5.74) is 7.27. The number of rotatable bonds is 8. The van der Waals surface area contributed by atoms with Gasteiger partial charge in [-0.25, -0.2) is 10.4 Å². The molecule has 5 aromatic rings. The Morgan fingerprint density at radius 1 is 0.923 bits per heavy atom. The fourth-order valence-corrected chi connectivity index (χ4v) is 4.69. The van der Waals surface area contributed by atoms with Crippen molar-refractivity contribution in [3.05, 3.63) is 123 Å². The molecule has 0 aliphatic rings. The van der Waals surface area contributed by atoms with Crippen LogP contribution in [0.2, 0.25) is 0 Å². The lowest BCUT2D eigenvalue weighted by Crippen LogP contribution is -2.18. The Hall–Kier alpha value is -4.01. The summed E-state index contributed by atoms with van der Waals surface area (Å²) in [6.07, 6.45) is 1.56. The lowest BCUT2D eigenvalue weighted by Gasteiger charge is -2.13. The van der Waals surface area contributed by atoms with Crippen LogP contribution in [0.4, 0.5) is 0 Å². The number of hydrazone groups is 1. The Morgan fingerprint density at radius 2 is 1.67 bits per heavy atom. The third-order valence-electron chi connectivity index (χ3n) is 5.99. The number of benzene rings is 4. The third-order valence-corrected chi connectivity index (χ3v) is 7.21. The van der Waals surface area contributed by atoms with Crippen molar-refractivity contribution in [2.45, 2.75) is 6.61 Å². The van der Waals surface area contributed by atoms with Gasteiger partial charge in [-0.1, -0.05) is 76.6 Å². The van der Waals surface area contributed by atoms with Crippen LogP contribution < -0.4 is 14.9 Å². The first kappa shape index (κ1) is 26.6. The summed E-state index contributed by atoms with van der Waals surface area (Å²) in [5.74, 6) is 0.806. The number of hydrogen-bond donors (Lipinski definition) is 1. The highest BCUT2D eigenvalue weighted by atomic mass is 79.9. The molecule has 8 heteroatoms. The van der Waals surface area contributed by atoms with Crippen molar-refractivity contribution in [2.24, 2.45) is 5.10 Å². The van der Waals surface area contributed by atoms with Gasteiger partial charge in [0.05, 0.1) is 30.1 Å². The van der Waals surface area contributed by atoms with Crippen molar-refractivity contribution in [1.82, 2.24) is 10.4 Å². The summed E-state index contributed by atoms with van der Waals surface area (Å²) in [4.78, 5) is 18.0. The number of carbonyl (C=O) groups excluding carboxylic acids is 1. The first-order chi connectivity index (χ1) is 19.0. The van der Waals surface area contributed by atoms with Gasteiger partial charge in [0.1, 0.15) is 6.61 Å². The Morgan fingerprint density at radius 3 is 2.44 bits per heavy atom. The van der Waals surface area contributed by atoms with Crippen molar-refractivity contribution in [2.75, 3.05) is 7.11 Å². The molecule has 0 radical (unpaired) electrons. The van der Waals surface area contributed by atoms with E-state index in [-0.39, 0.29) is 5.91 Å². The highest BCUT2D eigenvalue weighted by Gasteiger charge is 2.14. The Bertz CT molecular complexity index is 1660. The molecule has 0 fully saturated rings. The average Bonchev–Trinajstić information content (AvgIpc) is 2.97. The number of nitrogens with one attached hydrogen (secondary N) is 1. The number of fused-ring (bicyclic) bond motifs is 1. The number of hydrogen-bond acceptors (Lipinski definition) is 5. The van der Waals surface area contributed by atoms with Crippen LogP contribution in [0.5, 0.6) is 11.5 Å². The van der Waals surface area contributed by atoms with Crippen molar-refractivity contribution in [1.29, 1.82) is 0 Å². The molecule has 194 valence electrons. The number of halogens is 2. The van der Waals surface area contributed by atoms with Gasteiger partial charge in [0.2, 0.25) is 0 Å². The SMILES string of the molecule is COc1cc(/C=N/NC(=O)c2cc(-c3ccccc3)nc3ccccc23)c(Br)cc1OCc1ccc(Br)cc1. The number of methoxy groups -OCH3 is 1. The molecule has 0 unspecified atom stereocenters. The van der Waals surface area contributed by atoms with Gasteiger partial charge in [0.25, 0.3) is 5.91 Å². The Labute approximate surface area is 243 Å². The minimum absolute atomic E-state index is 0.334. The van der Waals surface area contributed by atoms with E-state index in [9.17, 15) is 4.79 Å². The van der Waals surface area contributed by atoms with Crippen molar-refractivity contribution in [3.8, 4) is 22.8 Å². The van der Waals surface area contributed by atoms with Gasteiger partial charge >= 0.3 is 0 Å². The number of para-hydroxylation sites is 1. The summed E-state index contributed by atoms with van der Waals surface area (Å²) in [6.45, 7) is 0.393. The van der Waals surface area contributed by atoms with Crippen molar-refractivity contribution >= 4 is 54.9 Å². The van der Waals surface area contributed by atoms with Gasteiger partial charge in [-0.15, -0.1) is 0 Å². The van der Waals surface area contributed by atoms with Gasteiger partial charge in [-0.3, -0.25) is 4.79 Å². The largest absolute Gasteiger partial charge is 0.493 e. The lowest BCUT2D eigenvalue weighted by molar-refractivity contribution is 0.0956. The van der Waals surface area contributed by atoms with Crippen molar-refractivity contribution in [3.63, 3.8) is 0 Å². The van der Waals surface area contributed by atoms with Crippen LogP contribution in [0.3, 0.4) is 0 Å². The number of nitrogens with zero attached hydrogens (tertiary/aromatic N) is 2. The van der Waals surface area contributed by atoms with Crippen LogP contribution in [0.25, 0.3) is 22.2 Å². The molecule has 1 amide bonds. The topological polar surface area (TPSA) is 72.8 Å². The van der Waals surface area contributed by atoms with Gasteiger partial charge in [0, 0.05) is 25.5 Å². The molecule has 0 bridgehead atoms. The smallest absolute Gasteiger partial charge is 0.272 e. The first-order valence-corrected chi connectivity index (χ1v) is 13.6.